The van der Waals surface area contributed by atoms with Crippen LogP contribution in [-0.4, -0.2) is 70.7 Å². The van der Waals surface area contributed by atoms with Crippen molar-refractivity contribution >= 4 is 28.3 Å². The molecule has 8 heteroatoms. The van der Waals surface area contributed by atoms with Crippen LogP contribution in [0.5, 0.6) is 11.5 Å². The lowest BCUT2D eigenvalue weighted by Crippen LogP contribution is -2.55. The van der Waals surface area contributed by atoms with Crippen molar-refractivity contribution in [3.05, 3.63) is 60.6 Å². The summed E-state index contributed by atoms with van der Waals surface area (Å²) in [5.41, 5.74) is 3.13. The summed E-state index contributed by atoms with van der Waals surface area (Å²) in [4.78, 5) is 28.9. The number of methoxy groups -OCH3 is 1. The van der Waals surface area contributed by atoms with Crippen LogP contribution in [0.15, 0.2) is 55.0 Å². The lowest BCUT2D eigenvalue weighted by molar-refractivity contribution is -0.128. The first-order chi connectivity index (χ1) is 18.2. The van der Waals surface area contributed by atoms with E-state index in [-0.39, 0.29) is 6.17 Å². The number of hydrogen-bond donors (Lipinski definition) is 1. The molecule has 1 amide bonds. The maximum absolute atomic E-state index is 12.1. The molecule has 192 valence electrons. The van der Waals surface area contributed by atoms with E-state index < -0.39 is 0 Å². The van der Waals surface area contributed by atoms with Gasteiger partial charge in [0.25, 0.3) is 0 Å². The van der Waals surface area contributed by atoms with E-state index in [0.717, 1.165) is 79.8 Å². The number of ether oxygens (including phenoxy) is 2. The fraction of sp³-hybridized carbons (Fsp3) is 0.414. The number of carbonyl (C=O) groups is 1. The van der Waals surface area contributed by atoms with Gasteiger partial charge in [0.05, 0.1) is 31.6 Å². The zero-order chi connectivity index (χ0) is 25.2. The molecule has 0 aliphatic carbocycles. The zero-order valence-corrected chi connectivity index (χ0v) is 21.2. The Morgan fingerprint density at radius 3 is 2.78 bits per heavy atom. The molecular formula is C29H33N5O3. The second-order valence-corrected chi connectivity index (χ2v) is 10.2. The smallest absolute Gasteiger partial charge is 0.210 e. The van der Waals surface area contributed by atoms with Crippen LogP contribution in [0.25, 0.3) is 21.9 Å². The van der Waals surface area contributed by atoms with Gasteiger partial charge in [-0.25, -0.2) is 9.97 Å². The quantitative estimate of drug-likeness (QED) is 0.375. The van der Waals surface area contributed by atoms with E-state index in [2.05, 4.69) is 32.0 Å². The zero-order valence-electron chi connectivity index (χ0n) is 21.2. The van der Waals surface area contributed by atoms with E-state index in [1.54, 1.807) is 7.11 Å². The first-order valence-electron chi connectivity index (χ1n) is 13.2. The number of rotatable bonds is 7. The Balaban J connectivity index is 1.19. The van der Waals surface area contributed by atoms with Crippen molar-refractivity contribution in [2.45, 2.75) is 37.8 Å². The molecule has 2 saturated heterocycles. The number of pyridine rings is 2. The number of H-pyrrole nitrogens is 1. The van der Waals surface area contributed by atoms with E-state index in [1.807, 2.05) is 47.8 Å². The number of carbonyl (C=O) groups excluding carboxylic acids is 1. The highest BCUT2D eigenvalue weighted by Crippen LogP contribution is 2.38. The summed E-state index contributed by atoms with van der Waals surface area (Å²) in [6, 6.07) is 12.0. The van der Waals surface area contributed by atoms with Crippen LogP contribution < -0.4 is 9.47 Å². The van der Waals surface area contributed by atoms with Gasteiger partial charge < -0.3 is 19.4 Å². The SMILES string of the molecule is COc1ccc(OCC2CCCN(C3CC(c4cc[nH]c5cnc6nccc6c45)CCN3C=O)C2)cc1. The van der Waals surface area contributed by atoms with Gasteiger partial charge in [0.2, 0.25) is 6.41 Å². The molecule has 2 aliphatic heterocycles. The lowest BCUT2D eigenvalue weighted by Gasteiger charge is -2.46. The Bertz CT molecular complexity index is 1370. The van der Waals surface area contributed by atoms with Crippen LogP contribution in [0, 0.1) is 5.92 Å². The molecule has 3 atom stereocenters. The largest absolute Gasteiger partial charge is 0.497 e. The van der Waals surface area contributed by atoms with E-state index in [1.165, 1.54) is 10.9 Å². The molecule has 0 radical (unpaired) electrons. The minimum Gasteiger partial charge on any atom is -0.497 e. The van der Waals surface area contributed by atoms with Crippen LogP contribution >= 0.6 is 0 Å². The first-order valence-corrected chi connectivity index (χ1v) is 13.2. The monoisotopic (exact) mass is 499 g/mol. The van der Waals surface area contributed by atoms with Crippen molar-refractivity contribution in [1.29, 1.82) is 0 Å². The first kappa shape index (κ1) is 23.7. The van der Waals surface area contributed by atoms with Crippen molar-refractivity contribution in [3.63, 3.8) is 0 Å². The molecule has 2 fully saturated rings. The molecule has 6 rings (SSSR count). The number of nitrogens with zero attached hydrogens (tertiary/aromatic N) is 4. The Morgan fingerprint density at radius 2 is 1.95 bits per heavy atom. The molecule has 37 heavy (non-hydrogen) atoms. The molecule has 5 heterocycles. The molecule has 3 unspecified atom stereocenters. The number of piperidine rings is 2. The highest BCUT2D eigenvalue weighted by molar-refractivity contribution is 6.05. The van der Waals surface area contributed by atoms with Crippen LogP contribution in [0.2, 0.25) is 0 Å². The van der Waals surface area contributed by atoms with Gasteiger partial charge in [0.1, 0.15) is 11.5 Å². The summed E-state index contributed by atoms with van der Waals surface area (Å²) in [7, 11) is 1.67. The summed E-state index contributed by atoms with van der Waals surface area (Å²) in [5, 5.41) is 2.30. The Morgan fingerprint density at radius 1 is 1.08 bits per heavy atom. The van der Waals surface area contributed by atoms with E-state index in [0.29, 0.717) is 18.4 Å². The Labute approximate surface area is 216 Å². The summed E-state index contributed by atoms with van der Waals surface area (Å²) < 4.78 is 11.4. The molecule has 0 saturated carbocycles. The number of hydrogen-bond acceptors (Lipinski definition) is 6. The van der Waals surface area contributed by atoms with Gasteiger partial charge in [-0.1, -0.05) is 0 Å². The van der Waals surface area contributed by atoms with Crippen LogP contribution in [0.1, 0.15) is 37.2 Å². The number of fused-ring (bicyclic) bond motifs is 3. The van der Waals surface area contributed by atoms with Gasteiger partial charge >= 0.3 is 0 Å². The average molecular weight is 500 g/mol. The number of benzene rings is 1. The predicted octanol–water partition coefficient (Wildman–Crippen LogP) is 4.57. The third kappa shape index (κ3) is 4.73. The highest BCUT2D eigenvalue weighted by atomic mass is 16.5. The molecule has 4 aromatic rings. The van der Waals surface area contributed by atoms with Gasteiger partial charge in [-0.2, -0.15) is 0 Å². The van der Waals surface area contributed by atoms with Crippen molar-refractivity contribution < 1.29 is 14.3 Å². The van der Waals surface area contributed by atoms with Crippen molar-refractivity contribution in [2.75, 3.05) is 33.4 Å². The number of nitrogens with one attached hydrogen (secondary N) is 1. The summed E-state index contributed by atoms with van der Waals surface area (Å²) in [6.07, 6.45) is 11.0. The second kappa shape index (κ2) is 10.4. The fourth-order valence-corrected chi connectivity index (χ4v) is 6.14. The summed E-state index contributed by atoms with van der Waals surface area (Å²) >= 11 is 0. The van der Waals surface area contributed by atoms with Gasteiger partial charge in [-0.15, -0.1) is 0 Å². The van der Waals surface area contributed by atoms with E-state index >= 15 is 0 Å². The number of amides is 1. The number of aromatic amines is 1. The molecule has 3 aromatic heterocycles. The fourth-order valence-electron chi connectivity index (χ4n) is 6.14. The Hall–Kier alpha value is -3.65. The third-order valence-corrected chi connectivity index (χ3v) is 8.03. The minimum atomic E-state index is 0.0920. The summed E-state index contributed by atoms with van der Waals surface area (Å²) in [6.45, 7) is 3.37. The molecule has 1 aromatic carbocycles. The molecule has 8 nitrogen and oxygen atoms in total. The van der Waals surface area contributed by atoms with E-state index in [9.17, 15) is 4.79 Å². The van der Waals surface area contributed by atoms with Crippen molar-refractivity contribution in [3.8, 4) is 11.5 Å². The number of aromatic nitrogens is 3. The van der Waals surface area contributed by atoms with Crippen LogP contribution in [-0.2, 0) is 4.79 Å². The third-order valence-electron chi connectivity index (χ3n) is 8.03. The number of likely N-dealkylation sites (tertiary alicyclic amines) is 2. The topological polar surface area (TPSA) is 83.6 Å². The lowest BCUT2D eigenvalue weighted by atomic mass is 9.84. The highest BCUT2D eigenvalue weighted by Gasteiger charge is 2.35. The van der Waals surface area contributed by atoms with Crippen molar-refractivity contribution in [2.24, 2.45) is 5.92 Å². The van der Waals surface area contributed by atoms with Gasteiger partial charge in [0, 0.05) is 48.7 Å². The minimum absolute atomic E-state index is 0.0920. The van der Waals surface area contributed by atoms with Crippen LogP contribution in [0.3, 0.4) is 0 Å². The van der Waals surface area contributed by atoms with E-state index in [4.69, 9.17) is 9.47 Å². The molecular weight excluding hydrogens is 466 g/mol. The molecule has 2 aliphatic rings. The molecule has 1 N–H and O–H groups in total. The maximum atomic E-state index is 12.1. The van der Waals surface area contributed by atoms with Crippen LogP contribution in [0.4, 0.5) is 0 Å². The van der Waals surface area contributed by atoms with Crippen molar-refractivity contribution in [1.82, 2.24) is 24.8 Å². The summed E-state index contributed by atoms with van der Waals surface area (Å²) in [5.74, 6) is 2.47. The average Bonchev–Trinajstić information content (AvgIpc) is 3.45. The predicted molar refractivity (Wildman–Crippen MR) is 143 cm³/mol. The standard InChI is InChI=1S/C29H33N5O3/c1-36-22-4-6-23(7-5-22)37-18-20-3-2-13-33(17-20)27-15-21(10-14-34(27)19-35)24-8-11-30-26-16-32-29-25(28(24)26)9-12-31-29/h4-9,11-12,16,19-21,27,30H,2-3,10,13-15,17-18H2,1H3. The van der Waals surface area contributed by atoms with Gasteiger partial charge in [-0.3, -0.25) is 9.69 Å². The maximum Gasteiger partial charge on any atom is 0.210 e. The normalized spacial score (nSPS) is 22.8. The molecule has 0 spiro atoms. The molecule has 0 bridgehead atoms. The van der Waals surface area contributed by atoms with Gasteiger partial charge in [-0.05, 0) is 73.6 Å². The Kier molecular flexibility index (Phi) is 6.66. The second-order valence-electron chi connectivity index (χ2n) is 10.2. The van der Waals surface area contributed by atoms with Gasteiger partial charge in [0.15, 0.2) is 5.65 Å².